The van der Waals surface area contributed by atoms with E-state index in [2.05, 4.69) is 9.97 Å². The number of ketones is 1. The first-order chi connectivity index (χ1) is 18.8. The highest BCUT2D eigenvalue weighted by Crippen LogP contribution is 2.29. The van der Waals surface area contributed by atoms with Crippen LogP contribution in [0, 0.1) is 19.7 Å². The molecule has 5 aromatic rings. The Morgan fingerprint density at radius 2 is 1.72 bits per heavy atom. The first kappa shape index (κ1) is 26.1. The van der Waals surface area contributed by atoms with Crippen molar-refractivity contribution in [2.24, 2.45) is 0 Å². The van der Waals surface area contributed by atoms with Crippen LogP contribution in [0.1, 0.15) is 27.2 Å². The number of Topliss-reactive ketones (excluding diaryl/α,β-unsaturated/α-hetero) is 1. The van der Waals surface area contributed by atoms with Gasteiger partial charge in [-0.25, -0.2) is 9.37 Å². The van der Waals surface area contributed by atoms with Crippen molar-refractivity contribution in [2.75, 3.05) is 7.11 Å². The Hall–Kier alpha value is -4.56. The second kappa shape index (κ2) is 10.7. The number of hydrogen-bond acceptors (Lipinski definition) is 6. The van der Waals surface area contributed by atoms with Crippen LogP contribution in [0.3, 0.4) is 0 Å². The fourth-order valence-electron chi connectivity index (χ4n) is 4.39. The lowest BCUT2D eigenvalue weighted by molar-refractivity contribution is 0.0990. The van der Waals surface area contributed by atoms with Gasteiger partial charge in [-0.05, 0) is 61.4 Å². The summed E-state index contributed by atoms with van der Waals surface area (Å²) in [6.07, 6.45) is 3.20. The molecule has 0 saturated heterocycles. The van der Waals surface area contributed by atoms with E-state index in [0.29, 0.717) is 55.8 Å². The maximum atomic E-state index is 13.5. The molecule has 3 heterocycles. The van der Waals surface area contributed by atoms with E-state index in [1.807, 2.05) is 0 Å². The minimum Gasteiger partial charge on any atom is -0.495 e. The summed E-state index contributed by atoms with van der Waals surface area (Å²) in [6.45, 7) is 3.34. The molecule has 0 N–H and O–H groups in total. The van der Waals surface area contributed by atoms with E-state index in [4.69, 9.17) is 21.1 Å². The number of pyridine rings is 3. The Morgan fingerprint density at radius 1 is 1.00 bits per heavy atom. The number of benzene rings is 2. The van der Waals surface area contributed by atoms with Gasteiger partial charge in [-0.3, -0.25) is 19.1 Å². The van der Waals surface area contributed by atoms with Crippen LogP contribution in [-0.4, -0.2) is 27.4 Å². The molecule has 0 radical (unpaired) electrons. The highest BCUT2D eigenvalue weighted by molar-refractivity contribution is 6.32. The van der Waals surface area contributed by atoms with E-state index < -0.39 is 11.4 Å². The Kier molecular flexibility index (Phi) is 7.13. The number of halogens is 2. The van der Waals surface area contributed by atoms with Crippen molar-refractivity contribution in [3.8, 4) is 22.9 Å². The molecular weight excluding hydrogens is 521 g/mol. The molecule has 39 heavy (non-hydrogen) atoms. The van der Waals surface area contributed by atoms with Gasteiger partial charge in [0.1, 0.15) is 22.8 Å². The molecule has 2 aromatic carbocycles. The summed E-state index contributed by atoms with van der Waals surface area (Å²) in [5.41, 5.74) is 2.72. The molecule has 7 nitrogen and oxygen atoms in total. The summed E-state index contributed by atoms with van der Waals surface area (Å²) in [5, 5.41) is 0.307. The Labute approximate surface area is 228 Å². The van der Waals surface area contributed by atoms with Gasteiger partial charge in [-0.15, -0.1) is 0 Å². The summed E-state index contributed by atoms with van der Waals surface area (Å²) in [6, 6.07) is 15.9. The van der Waals surface area contributed by atoms with Crippen LogP contribution in [0.5, 0.6) is 17.2 Å². The predicted molar refractivity (Wildman–Crippen MR) is 147 cm³/mol. The molecular formula is C30H23ClFN3O4. The number of carbonyl (C=O) groups excluding carboxylic acids is 1. The van der Waals surface area contributed by atoms with Crippen LogP contribution < -0.4 is 15.0 Å². The van der Waals surface area contributed by atoms with Gasteiger partial charge in [-0.2, -0.15) is 0 Å². The maximum Gasteiger partial charge on any atom is 0.266 e. The molecule has 0 unspecified atom stereocenters. The Morgan fingerprint density at radius 3 is 2.41 bits per heavy atom. The smallest absolute Gasteiger partial charge is 0.266 e. The quantitative estimate of drug-likeness (QED) is 0.220. The van der Waals surface area contributed by atoms with E-state index in [9.17, 15) is 14.0 Å². The van der Waals surface area contributed by atoms with Crippen molar-refractivity contribution in [1.29, 1.82) is 0 Å². The van der Waals surface area contributed by atoms with E-state index >= 15 is 0 Å². The number of rotatable bonds is 7. The number of hydrogen-bond donors (Lipinski definition) is 0. The number of ether oxygens (including phenoxy) is 2. The first-order valence-electron chi connectivity index (χ1n) is 12.0. The summed E-state index contributed by atoms with van der Waals surface area (Å²) < 4.78 is 26.0. The normalized spacial score (nSPS) is 11.0. The van der Waals surface area contributed by atoms with Gasteiger partial charge in [0.25, 0.3) is 5.56 Å². The monoisotopic (exact) mass is 543 g/mol. The van der Waals surface area contributed by atoms with E-state index in [-0.39, 0.29) is 17.8 Å². The maximum absolute atomic E-state index is 13.5. The molecule has 9 heteroatoms. The van der Waals surface area contributed by atoms with Crippen molar-refractivity contribution in [1.82, 2.24) is 14.5 Å². The van der Waals surface area contributed by atoms with Crippen LogP contribution in [0.2, 0.25) is 5.02 Å². The topological polar surface area (TPSA) is 83.3 Å². The lowest BCUT2D eigenvalue weighted by Crippen LogP contribution is -2.29. The minimum absolute atomic E-state index is 0.00000873. The number of nitrogens with zero attached hydrogens (tertiary/aromatic N) is 3. The summed E-state index contributed by atoms with van der Waals surface area (Å²) >= 11 is 6.53. The van der Waals surface area contributed by atoms with Gasteiger partial charge in [0.2, 0.25) is 0 Å². The molecule has 0 amide bonds. The number of methoxy groups -OCH3 is 1. The molecule has 0 aliphatic heterocycles. The van der Waals surface area contributed by atoms with Crippen molar-refractivity contribution in [2.45, 2.75) is 20.3 Å². The number of carbonyl (C=O) groups is 1. The average molecular weight is 544 g/mol. The second-order valence-corrected chi connectivity index (χ2v) is 9.29. The van der Waals surface area contributed by atoms with Gasteiger partial charge in [0, 0.05) is 36.1 Å². The fourth-order valence-corrected chi connectivity index (χ4v) is 4.57. The van der Waals surface area contributed by atoms with E-state index in [1.165, 1.54) is 28.8 Å². The van der Waals surface area contributed by atoms with Gasteiger partial charge < -0.3 is 9.47 Å². The summed E-state index contributed by atoms with van der Waals surface area (Å²) in [4.78, 5) is 35.5. The standard InChI is InChI=1S/C30H23ClFN3O4/c1-17-27(30(37)35(18(2)28(17)31)21-8-6-20(32)7-9-21)25(36)14-19-4-10-22(11-5-19)39-26-12-13-33-24-15-23(38-3)16-34-29(24)26/h4-13,15-16H,14H2,1-3H3. The van der Waals surface area contributed by atoms with Crippen LogP contribution in [-0.2, 0) is 6.42 Å². The van der Waals surface area contributed by atoms with Gasteiger partial charge in [-0.1, -0.05) is 23.7 Å². The van der Waals surface area contributed by atoms with E-state index in [1.54, 1.807) is 69.7 Å². The third-order valence-electron chi connectivity index (χ3n) is 6.40. The van der Waals surface area contributed by atoms with Crippen LogP contribution >= 0.6 is 11.6 Å². The zero-order chi connectivity index (χ0) is 27.7. The molecule has 0 saturated carbocycles. The molecule has 0 spiro atoms. The van der Waals surface area contributed by atoms with Crippen molar-refractivity contribution >= 4 is 28.4 Å². The first-order valence-corrected chi connectivity index (χ1v) is 12.4. The average Bonchev–Trinajstić information content (AvgIpc) is 2.94. The zero-order valence-electron chi connectivity index (χ0n) is 21.4. The van der Waals surface area contributed by atoms with Crippen LogP contribution in [0.4, 0.5) is 4.39 Å². The largest absolute Gasteiger partial charge is 0.495 e. The van der Waals surface area contributed by atoms with E-state index in [0.717, 1.165) is 0 Å². The lowest BCUT2D eigenvalue weighted by Gasteiger charge is -2.16. The summed E-state index contributed by atoms with van der Waals surface area (Å²) in [7, 11) is 1.56. The zero-order valence-corrected chi connectivity index (χ0v) is 22.1. The minimum atomic E-state index is -0.500. The molecule has 5 rings (SSSR count). The molecule has 0 fully saturated rings. The van der Waals surface area contributed by atoms with Crippen LogP contribution in [0.25, 0.3) is 16.7 Å². The fraction of sp³-hybridized carbons (Fsp3) is 0.133. The highest BCUT2D eigenvalue weighted by Gasteiger charge is 2.22. The number of aromatic nitrogens is 3. The third-order valence-corrected chi connectivity index (χ3v) is 6.96. The third kappa shape index (κ3) is 5.11. The highest BCUT2D eigenvalue weighted by atomic mass is 35.5. The Balaban J connectivity index is 1.40. The van der Waals surface area contributed by atoms with Crippen LogP contribution in [0.15, 0.2) is 77.9 Å². The Bertz CT molecular complexity index is 1770. The van der Waals surface area contributed by atoms with Gasteiger partial charge >= 0.3 is 0 Å². The predicted octanol–water partition coefficient (Wildman–Crippen LogP) is 6.42. The van der Waals surface area contributed by atoms with Gasteiger partial charge in [0.05, 0.1) is 29.4 Å². The summed E-state index contributed by atoms with van der Waals surface area (Å²) in [5.74, 6) is 0.861. The molecule has 0 aliphatic carbocycles. The molecule has 196 valence electrons. The second-order valence-electron chi connectivity index (χ2n) is 8.91. The number of fused-ring (bicyclic) bond motifs is 1. The molecule has 0 atom stereocenters. The molecule has 3 aromatic heterocycles. The van der Waals surface area contributed by atoms with Crippen molar-refractivity contribution < 1.29 is 18.7 Å². The SMILES string of the molecule is COc1cnc2c(Oc3ccc(CC(=O)c4c(C)c(Cl)c(C)n(-c5ccc(F)cc5)c4=O)cc3)ccnc2c1. The molecule has 0 bridgehead atoms. The molecule has 0 aliphatic rings. The van der Waals surface area contributed by atoms with Crippen molar-refractivity contribution in [3.05, 3.63) is 117 Å². The van der Waals surface area contributed by atoms with Crippen molar-refractivity contribution in [3.63, 3.8) is 0 Å². The lowest BCUT2D eigenvalue weighted by atomic mass is 9.99. The van der Waals surface area contributed by atoms with Gasteiger partial charge in [0.15, 0.2) is 11.5 Å².